The highest BCUT2D eigenvalue weighted by Crippen LogP contribution is 2.35. The van der Waals surface area contributed by atoms with Crippen molar-refractivity contribution in [1.82, 2.24) is 19.9 Å². The number of aromatic nitrogens is 3. The van der Waals surface area contributed by atoms with E-state index in [0.29, 0.717) is 16.8 Å². The Bertz CT molecular complexity index is 1160. The molecular formula is C21H19F3N6O2S. The molecule has 2 N–H and O–H groups in total. The van der Waals surface area contributed by atoms with Gasteiger partial charge in [-0.1, -0.05) is 54.2 Å². The van der Waals surface area contributed by atoms with E-state index in [4.69, 9.17) is 10.6 Å². The molecule has 0 bridgehead atoms. The largest absolute Gasteiger partial charge is 0.497 e. The van der Waals surface area contributed by atoms with Gasteiger partial charge in [-0.2, -0.15) is 18.3 Å². The summed E-state index contributed by atoms with van der Waals surface area (Å²) < 4.78 is 44.2. The van der Waals surface area contributed by atoms with Crippen LogP contribution in [0.4, 0.5) is 13.2 Å². The predicted octanol–water partition coefficient (Wildman–Crippen LogP) is 3.49. The molecule has 3 aromatic rings. The molecule has 8 nitrogen and oxygen atoms in total. The summed E-state index contributed by atoms with van der Waals surface area (Å²) >= 11 is 0.763. The van der Waals surface area contributed by atoms with Crippen LogP contribution in [0.5, 0.6) is 5.75 Å². The molecule has 0 unspecified atom stereocenters. The van der Waals surface area contributed by atoms with Crippen molar-refractivity contribution in [3.63, 3.8) is 0 Å². The van der Waals surface area contributed by atoms with E-state index in [1.165, 1.54) is 5.01 Å². The van der Waals surface area contributed by atoms with Crippen molar-refractivity contribution in [1.29, 1.82) is 0 Å². The summed E-state index contributed by atoms with van der Waals surface area (Å²) in [5.74, 6) is 4.19. The maximum absolute atomic E-state index is 13.1. The maximum Gasteiger partial charge on any atom is 0.453 e. The van der Waals surface area contributed by atoms with Crippen LogP contribution in [0.15, 0.2) is 64.9 Å². The van der Waals surface area contributed by atoms with E-state index >= 15 is 0 Å². The summed E-state index contributed by atoms with van der Waals surface area (Å²) in [6.45, 7) is 0. The number of benzene rings is 2. The third kappa shape index (κ3) is 4.80. The third-order valence-electron chi connectivity index (χ3n) is 5.02. The summed E-state index contributed by atoms with van der Waals surface area (Å²) in [6.07, 6.45) is -4.26. The maximum atomic E-state index is 13.1. The van der Waals surface area contributed by atoms with Crippen LogP contribution in [-0.4, -0.2) is 44.4 Å². The van der Waals surface area contributed by atoms with Crippen LogP contribution in [0.1, 0.15) is 29.4 Å². The second-order valence-corrected chi connectivity index (χ2v) is 8.05. The first-order chi connectivity index (χ1) is 15.8. The highest BCUT2D eigenvalue weighted by Gasteiger charge is 2.39. The van der Waals surface area contributed by atoms with Gasteiger partial charge in [-0.3, -0.25) is 4.79 Å². The zero-order chi connectivity index (χ0) is 23.6. The normalized spacial score (nSPS) is 16.1. The SMILES string of the molecule is COc1ccc([C@@H]2CC(c3ccccc3)=NN2C(=O)CSc2nnc(C(F)(F)F)n2N)cc1. The number of hydrogen-bond donors (Lipinski definition) is 1. The van der Waals surface area contributed by atoms with Crippen LogP contribution in [0, 0.1) is 0 Å². The lowest BCUT2D eigenvalue weighted by molar-refractivity contribution is -0.146. The Labute approximate surface area is 191 Å². The summed E-state index contributed by atoms with van der Waals surface area (Å²) in [5.41, 5.74) is 2.47. The van der Waals surface area contributed by atoms with Crippen LogP contribution in [0.25, 0.3) is 0 Å². The molecule has 0 spiro atoms. The van der Waals surface area contributed by atoms with Gasteiger partial charge in [-0.05, 0) is 23.3 Å². The molecule has 33 heavy (non-hydrogen) atoms. The van der Waals surface area contributed by atoms with E-state index < -0.39 is 17.9 Å². The van der Waals surface area contributed by atoms with Gasteiger partial charge in [-0.25, -0.2) is 9.69 Å². The molecule has 2 aromatic carbocycles. The number of nitrogens with zero attached hydrogens (tertiary/aromatic N) is 5. The number of hydrazone groups is 1. The summed E-state index contributed by atoms with van der Waals surface area (Å²) in [6, 6.07) is 16.4. The number of amides is 1. The fourth-order valence-electron chi connectivity index (χ4n) is 3.39. The topological polar surface area (TPSA) is 98.6 Å². The fourth-order valence-corrected chi connectivity index (χ4v) is 4.10. The third-order valence-corrected chi connectivity index (χ3v) is 5.94. The standard InChI is InChI=1S/C21H19F3N6O2S/c1-32-15-9-7-14(8-10-15)17-11-16(13-5-3-2-4-6-13)28-30(17)18(31)12-33-20-27-26-19(29(20)25)21(22,23)24/h2-10,17H,11-12,25H2,1H3/t17-/m0/s1. The van der Waals surface area contributed by atoms with E-state index in [2.05, 4.69) is 15.3 Å². The Morgan fingerprint density at radius 2 is 1.85 bits per heavy atom. The molecule has 0 aliphatic carbocycles. The Kier molecular flexibility index (Phi) is 6.27. The molecule has 1 aliphatic heterocycles. The Hall–Kier alpha value is -3.54. The zero-order valence-corrected chi connectivity index (χ0v) is 18.2. The van der Waals surface area contributed by atoms with Gasteiger partial charge < -0.3 is 10.6 Å². The molecule has 12 heteroatoms. The van der Waals surface area contributed by atoms with Gasteiger partial charge >= 0.3 is 6.18 Å². The van der Waals surface area contributed by atoms with Crippen molar-refractivity contribution in [2.24, 2.45) is 5.10 Å². The molecular weight excluding hydrogens is 457 g/mol. The lowest BCUT2D eigenvalue weighted by Crippen LogP contribution is -2.29. The number of thioether (sulfide) groups is 1. The number of ether oxygens (including phenoxy) is 1. The molecule has 1 aliphatic rings. The first-order valence-electron chi connectivity index (χ1n) is 9.77. The smallest absolute Gasteiger partial charge is 0.453 e. The molecule has 1 atom stereocenters. The molecule has 4 rings (SSSR count). The molecule has 0 radical (unpaired) electrons. The molecule has 1 aromatic heterocycles. The Morgan fingerprint density at radius 3 is 2.45 bits per heavy atom. The van der Waals surface area contributed by atoms with E-state index in [1.807, 2.05) is 42.5 Å². The lowest BCUT2D eigenvalue weighted by atomic mass is 9.98. The van der Waals surface area contributed by atoms with Gasteiger partial charge in [0, 0.05) is 6.42 Å². The van der Waals surface area contributed by atoms with Crippen LogP contribution in [0.2, 0.25) is 0 Å². The van der Waals surface area contributed by atoms with Crippen LogP contribution in [0.3, 0.4) is 0 Å². The number of rotatable bonds is 6. The van der Waals surface area contributed by atoms with E-state index in [1.54, 1.807) is 19.2 Å². The molecule has 0 fully saturated rings. The summed E-state index contributed by atoms with van der Waals surface area (Å²) in [5, 5.41) is 12.2. The van der Waals surface area contributed by atoms with Gasteiger partial charge in [0.1, 0.15) is 5.75 Å². The van der Waals surface area contributed by atoms with Crippen LogP contribution < -0.4 is 10.6 Å². The summed E-state index contributed by atoms with van der Waals surface area (Å²) in [4.78, 5) is 13.1. The highest BCUT2D eigenvalue weighted by molar-refractivity contribution is 7.99. The first kappa shape index (κ1) is 22.6. The van der Waals surface area contributed by atoms with Crippen molar-refractivity contribution in [2.45, 2.75) is 23.8 Å². The van der Waals surface area contributed by atoms with Gasteiger partial charge in [0.2, 0.25) is 5.16 Å². The monoisotopic (exact) mass is 476 g/mol. The number of methoxy groups -OCH3 is 1. The number of halogens is 3. The average Bonchev–Trinajstić information content (AvgIpc) is 3.42. The van der Waals surface area contributed by atoms with Crippen molar-refractivity contribution < 1.29 is 22.7 Å². The van der Waals surface area contributed by atoms with Crippen LogP contribution in [-0.2, 0) is 11.0 Å². The zero-order valence-electron chi connectivity index (χ0n) is 17.4. The molecule has 2 heterocycles. The van der Waals surface area contributed by atoms with Gasteiger partial charge in [0.15, 0.2) is 0 Å². The minimum atomic E-state index is -4.74. The predicted molar refractivity (Wildman–Crippen MR) is 116 cm³/mol. The van der Waals surface area contributed by atoms with Crippen molar-refractivity contribution in [3.8, 4) is 5.75 Å². The number of alkyl halides is 3. The molecule has 0 saturated carbocycles. The van der Waals surface area contributed by atoms with E-state index in [-0.39, 0.29) is 17.0 Å². The van der Waals surface area contributed by atoms with Crippen LogP contribution >= 0.6 is 11.8 Å². The first-order valence-corrected chi connectivity index (χ1v) is 10.8. The molecule has 1 amide bonds. The number of nitrogen functional groups attached to an aromatic ring is 1. The van der Waals surface area contributed by atoms with Crippen molar-refractivity contribution >= 4 is 23.4 Å². The average molecular weight is 476 g/mol. The highest BCUT2D eigenvalue weighted by atomic mass is 32.2. The molecule has 0 saturated heterocycles. The van der Waals surface area contributed by atoms with Gasteiger partial charge in [0.05, 0.1) is 24.6 Å². The van der Waals surface area contributed by atoms with Gasteiger partial charge in [-0.15, -0.1) is 10.2 Å². The number of carbonyl (C=O) groups excluding carboxylic acids is 1. The fraction of sp³-hybridized carbons (Fsp3) is 0.238. The quantitative estimate of drug-likeness (QED) is 0.432. The number of carbonyl (C=O) groups is 1. The minimum Gasteiger partial charge on any atom is -0.497 e. The summed E-state index contributed by atoms with van der Waals surface area (Å²) in [7, 11) is 1.56. The van der Waals surface area contributed by atoms with E-state index in [0.717, 1.165) is 28.6 Å². The second kappa shape index (κ2) is 9.14. The lowest BCUT2D eigenvalue weighted by Gasteiger charge is -2.22. The minimum absolute atomic E-state index is 0.217. The van der Waals surface area contributed by atoms with Gasteiger partial charge in [0.25, 0.3) is 11.7 Å². The Morgan fingerprint density at radius 1 is 1.15 bits per heavy atom. The Balaban J connectivity index is 1.56. The second-order valence-electron chi connectivity index (χ2n) is 7.11. The van der Waals surface area contributed by atoms with E-state index in [9.17, 15) is 18.0 Å². The number of nitrogens with two attached hydrogens (primary N) is 1. The molecule has 172 valence electrons. The number of hydrogen-bond acceptors (Lipinski definition) is 7. The van der Waals surface area contributed by atoms with Crippen molar-refractivity contribution in [2.75, 3.05) is 18.7 Å². The van der Waals surface area contributed by atoms with Crippen molar-refractivity contribution in [3.05, 3.63) is 71.5 Å².